The Morgan fingerprint density at radius 1 is 1.10 bits per heavy atom. The molecule has 0 saturated carbocycles. The fourth-order valence-corrected chi connectivity index (χ4v) is 2.61. The maximum atomic E-state index is 14.0. The Hall–Kier alpha value is -4.08. The van der Waals surface area contributed by atoms with Gasteiger partial charge >= 0.3 is 5.76 Å². The van der Waals surface area contributed by atoms with Gasteiger partial charge in [-0.1, -0.05) is 12.1 Å². The number of aromatic amines is 1. The molecule has 152 valence electrons. The van der Waals surface area contributed by atoms with Crippen molar-refractivity contribution in [2.75, 3.05) is 5.32 Å². The van der Waals surface area contributed by atoms with Gasteiger partial charge in [0.05, 0.1) is 0 Å². The quantitative estimate of drug-likeness (QED) is 0.490. The van der Waals surface area contributed by atoms with Gasteiger partial charge in [0.25, 0.3) is 0 Å². The number of hydrogen-bond donors (Lipinski definition) is 2. The third kappa shape index (κ3) is 4.17. The van der Waals surface area contributed by atoms with Crippen LogP contribution < -0.4 is 15.8 Å². The van der Waals surface area contributed by atoms with Gasteiger partial charge in [0.15, 0.2) is 29.0 Å². The van der Waals surface area contributed by atoms with Crippen LogP contribution in [-0.4, -0.2) is 20.1 Å². The minimum Gasteiger partial charge on any atom is -0.450 e. The summed E-state index contributed by atoms with van der Waals surface area (Å²) in [5, 5.41) is 6.60. The highest BCUT2D eigenvalue weighted by Gasteiger charge is 2.13. The van der Waals surface area contributed by atoms with Crippen LogP contribution in [0.5, 0.6) is 11.5 Å². The van der Waals surface area contributed by atoms with Crippen LogP contribution >= 0.6 is 0 Å². The highest BCUT2D eigenvalue weighted by Crippen LogP contribution is 2.32. The number of aromatic nitrogens is 4. The molecule has 0 aliphatic rings. The molecule has 8 nitrogen and oxygen atoms in total. The molecule has 3 aromatic heterocycles. The van der Waals surface area contributed by atoms with Crippen LogP contribution in [0.25, 0.3) is 11.4 Å². The first kappa shape index (κ1) is 19.2. The van der Waals surface area contributed by atoms with Gasteiger partial charge in [-0.05, 0) is 42.3 Å². The van der Waals surface area contributed by atoms with Gasteiger partial charge in [-0.25, -0.2) is 23.5 Å². The second-order valence-electron chi connectivity index (χ2n) is 6.22. The molecule has 10 heteroatoms. The molecule has 0 bridgehead atoms. The Morgan fingerprint density at radius 2 is 1.97 bits per heavy atom. The van der Waals surface area contributed by atoms with E-state index >= 15 is 0 Å². The molecule has 4 aromatic rings. The number of rotatable bonds is 6. The van der Waals surface area contributed by atoms with Gasteiger partial charge in [-0.3, -0.25) is 9.51 Å². The van der Waals surface area contributed by atoms with Crippen LogP contribution in [-0.2, 0) is 6.42 Å². The molecule has 0 radical (unpaired) electrons. The second kappa shape index (κ2) is 8.11. The summed E-state index contributed by atoms with van der Waals surface area (Å²) >= 11 is 0. The second-order valence-corrected chi connectivity index (χ2v) is 6.22. The van der Waals surface area contributed by atoms with Crippen LogP contribution in [0.2, 0.25) is 0 Å². The first-order chi connectivity index (χ1) is 14.5. The summed E-state index contributed by atoms with van der Waals surface area (Å²) in [5.74, 6) is -1.10. The Kier molecular flexibility index (Phi) is 5.21. The number of halogens is 2. The number of anilines is 2. The van der Waals surface area contributed by atoms with E-state index in [0.717, 1.165) is 17.7 Å². The van der Waals surface area contributed by atoms with Crippen LogP contribution in [0.15, 0.2) is 58.1 Å². The molecule has 1 aromatic carbocycles. The van der Waals surface area contributed by atoms with Gasteiger partial charge < -0.3 is 10.1 Å². The number of benzene rings is 1. The van der Waals surface area contributed by atoms with Crippen molar-refractivity contribution in [3.05, 3.63) is 76.5 Å². The number of nitrogens with one attached hydrogen (secondary N) is 2. The predicted molar refractivity (Wildman–Crippen MR) is 104 cm³/mol. The number of hydrogen-bond acceptors (Lipinski definition) is 7. The Morgan fingerprint density at radius 3 is 2.63 bits per heavy atom. The largest absolute Gasteiger partial charge is 0.450 e. The van der Waals surface area contributed by atoms with Crippen molar-refractivity contribution in [1.29, 1.82) is 0 Å². The van der Waals surface area contributed by atoms with Crippen molar-refractivity contribution in [1.82, 2.24) is 20.1 Å². The standard InChI is InChI=1S/C20H15F2N5O3/c1-2-11-7-16(29-15-5-4-13(21)8-14(15)22)19(24-9-11)25-17-6-3-12(10-23-17)18-26-20(28)30-27-18/h3-10H,2H2,1H3,(H,23,24,25)(H,26,27,28). The van der Waals surface area contributed by atoms with Crippen molar-refractivity contribution < 1.29 is 18.0 Å². The van der Waals surface area contributed by atoms with Gasteiger partial charge in [0.1, 0.15) is 11.6 Å². The zero-order valence-corrected chi connectivity index (χ0v) is 15.6. The smallest absolute Gasteiger partial charge is 0.439 e. The maximum Gasteiger partial charge on any atom is 0.439 e. The predicted octanol–water partition coefficient (Wildman–Crippen LogP) is 4.20. The van der Waals surface area contributed by atoms with Crippen LogP contribution in [0.4, 0.5) is 20.4 Å². The number of nitrogens with zero attached hydrogens (tertiary/aromatic N) is 3. The van der Waals surface area contributed by atoms with E-state index in [1.807, 2.05) is 6.92 Å². The zero-order chi connectivity index (χ0) is 21.1. The van der Waals surface area contributed by atoms with Crippen LogP contribution in [0, 0.1) is 11.6 Å². The van der Waals surface area contributed by atoms with E-state index in [4.69, 9.17) is 4.74 Å². The van der Waals surface area contributed by atoms with E-state index in [9.17, 15) is 13.6 Å². The van der Waals surface area contributed by atoms with Gasteiger partial charge in [0, 0.05) is 24.0 Å². The highest BCUT2D eigenvalue weighted by atomic mass is 19.1. The van der Waals surface area contributed by atoms with Crippen molar-refractivity contribution in [2.24, 2.45) is 0 Å². The first-order valence-electron chi connectivity index (χ1n) is 8.93. The average Bonchev–Trinajstić information content (AvgIpc) is 3.18. The molecule has 0 unspecified atom stereocenters. The van der Waals surface area contributed by atoms with Crippen molar-refractivity contribution in [3.63, 3.8) is 0 Å². The van der Waals surface area contributed by atoms with Crippen LogP contribution in [0.1, 0.15) is 12.5 Å². The fourth-order valence-electron chi connectivity index (χ4n) is 2.61. The van der Waals surface area contributed by atoms with Gasteiger partial charge in [-0.15, -0.1) is 0 Å². The van der Waals surface area contributed by atoms with E-state index in [-0.39, 0.29) is 17.3 Å². The molecule has 4 rings (SSSR count). The SMILES string of the molecule is CCc1cnc(Nc2ccc(-c3noc(=O)[nH]3)cn2)c(Oc2ccc(F)cc2F)c1. The summed E-state index contributed by atoms with van der Waals surface area (Å²) in [6.07, 6.45) is 3.83. The maximum absolute atomic E-state index is 14.0. The van der Waals surface area contributed by atoms with E-state index < -0.39 is 17.4 Å². The lowest BCUT2D eigenvalue weighted by Crippen LogP contribution is -2.01. The summed E-state index contributed by atoms with van der Waals surface area (Å²) in [6, 6.07) is 8.08. The summed E-state index contributed by atoms with van der Waals surface area (Å²) < 4.78 is 37.3. The molecule has 0 saturated heterocycles. The Balaban J connectivity index is 1.61. The number of aryl methyl sites for hydroxylation is 1. The van der Waals surface area contributed by atoms with E-state index in [1.54, 1.807) is 24.4 Å². The third-order valence-electron chi connectivity index (χ3n) is 4.16. The average molecular weight is 411 g/mol. The number of H-pyrrole nitrogens is 1. The van der Waals surface area contributed by atoms with E-state index in [0.29, 0.717) is 23.6 Å². The summed E-state index contributed by atoms with van der Waals surface area (Å²) in [6.45, 7) is 1.95. The van der Waals surface area contributed by atoms with Crippen LogP contribution in [0.3, 0.4) is 0 Å². The fraction of sp³-hybridized carbons (Fsp3) is 0.100. The summed E-state index contributed by atoms with van der Waals surface area (Å²) in [5.41, 5.74) is 1.42. The highest BCUT2D eigenvalue weighted by molar-refractivity contribution is 5.63. The number of pyridine rings is 2. The van der Waals surface area contributed by atoms with Crippen molar-refractivity contribution in [3.8, 4) is 22.9 Å². The lowest BCUT2D eigenvalue weighted by Gasteiger charge is -2.13. The molecule has 0 fully saturated rings. The lowest BCUT2D eigenvalue weighted by molar-refractivity contribution is 0.388. The molecule has 0 atom stereocenters. The first-order valence-corrected chi connectivity index (χ1v) is 8.93. The van der Waals surface area contributed by atoms with Gasteiger partial charge in [0.2, 0.25) is 0 Å². The summed E-state index contributed by atoms with van der Waals surface area (Å²) in [7, 11) is 0. The minimum absolute atomic E-state index is 0.132. The molecule has 3 heterocycles. The zero-order valence-electron chi connectivity index (χ0n) is 15.6. The number of ether oxygens (including phenoxy) is 1. The molecule has 0 aliphatic heterocycles. The van der Waals surface area contributed by atoms with E-state index in [1.165, 1.54) is 12.3 Å². The minimum atomic E-state index is -0.827. The topological polar surface area (TPSA) is 106 Å². The van der Waals surface area contributed by atoms with Crippen molar-refractivity contribution in [2.45, 2.75) is 13.3 Å². The molecule has 0 aliphatic carbocycles. The molecule has 2 N–H and O–H groups in total. The molecular weight excluding hydrogens is 396 g/mol. The summed E-state index contributed by atoms with van der Waals surface area (Å²) in [4.78, 5) is 22.1. The Bertz CT molecular complexity index is 1240. The third-order valence-corrected chi connectivity index (χ3v) is 4.16. The normalized spacial score (nSPS) is 10.8. The lowest BCUT2D eigenvalue weighted by atomic mass is 10.2. The van der Waals surface area contributed by atoms with Gasteiger partial charge in [-0.2, -0.15) is 0 Å². The molecule has 0 amide bonds. The molecule has 0 spiro atoms. The van der Waals surface area contributed by atoms with Crippen molar-refractivity contribution >= 4 is 11.6 Å². The monoisotopic (exact) mass is 411 g/mol. The molecular formula is C20H15F2N5O3. The van der Waals surface area contributed by atoms with E-state index in [2.05, 4.69) is 29.9 Å². The Labute approximate surface area is 168 Å². The molecule has 30 heavy (non-hydrogen) atoms.